The van der Waals surface area contributed by atoms with E-state index in [-0.39, 0.29) is 6.10 Å². The lowest BCUT2D eigenvalue weighted by molar-refractivity contribution is 0.178. The topological polar surface area (TPSA) is 22.2 Å². The first-order chi connectivity index (χ1) is 20.6. The van der Waals surface area contributed by atoms with Gasteiger partial charge in [-0.15, -0.1) is 0 Å². The number of rotatable bonds is 11. The van der Waals surface area contributed by atoms with E-state index in [0.29, 0.717) is 0 Å². The second kappa shape index (κ2) is 14.1. The van der Waals surface area contributed by atoms with Gasteiger partial charge in [0.25, 0.3) is 0 Å². The summed E-state index contributed by atoms with van der Waals surface area (Å²) < 4.78 is 6.16. The van der Waals surface area contributed by atoms with Crippen molar-refractivity contribution in [1.29, 1.82) is 0 Å². The third kappa shape index (κ3) is 7.88. The van der Waals surface area contributed by atoms with E-state index >= 15 is 0 Å². The van der Waals surface area contributed by atoms with Crippen molar-refractivity contribution in [2.75, 3.05) is 83.1 Å². The van der Waals surface area contributed by atoms with Gasteiger partial charge in [-0.1, -0.05) is 48.5 Å². The summed E-state index contributed by atoms with van der Waals surface area (Å²) in [4.78, 5) is 8.48. The van der Waals surface area contributed by atoms with Gasteiger partial charge in [-0.05, 0) is 94.1 Å². The maximum atomic E-state index is 6.16. The Kier molecular flexibility index (Phi) is 10.3. The fourth-order valence-electron chi connectivity index (χ4n) is 4.99. The van der Waals surface area contributed by atoms with Gasteiger partial charge in [0.2, 0.25) is 0 Å². The number of hydrogen-bond acceptors (Lipinski definition) is 5. The van der Waals surface area contributed by atoms with Crippen molar-refractivity contribution in [1.82, 2.24) is 0 Å². The van der Waals surface area contributed by atoms with E-state index in [0.717, 1.165) is 33.4 Å². The summed E-state index contributed by atoms with van der Waals surface area (Å²) in [6, 6.07) is 34.9. The molecule has 0 fully saturated rings. The van der Waals surface area contributed by atoms with Crippen LogP contribution in [-0.2, 0) is 4.74 Å². The lowest BCUT2D eigenvalue weighted by Crippen LogP contribution is -2.10. The number of hydrogen-bond donors (Lipinski definition) is 0. The SMILES string of the molecule is COC(C=C(c1ccc(N(C)C)cc1)c1ccc(N(C)C)cc1)C=C(c1ccc(N(C)C)cc1)c1ccc(N(C)C)cc1. The van der Waals surface area contributed by atoms with E-state index in [1.54, 1.807) is 7.11 Å². The molecule has 0 N–H and O–H groups in total. The Bertz CT molecular complexity index is 1290. The molecule has 0 aliphatic rings. The van der Waals surface area contributed by atoms with Gasteiger partial charge in [0.05, 0.1) is 6.10 Å². The van der Waals surface area contributed by atoms with Crippen molar-refractivity contribution >= 4 is 33.9 Å². The highest BCUT2D eigenvalue weighted by Gasteiger charge is 2.14. The van der Waals surface area contributed by atoms with Crippen LogP contribution in [0, 0.1) is 0 Å². The van der Waals surface area contributed by atoms with Gasteiger partial charge in [0.15, 0.2) is 0 Å². The third-order valence-electron chi connectivity index (χ3n) is 7.71. The van der Waals surface area contributed by atoms with E-state index in [9.17, 15) is 0 Å². The summed E-state index contributed by atoms with van der Waals surface area (Å²) in [5, 5.41) is 0. The first kappa shape index (κ1) is 31.5. The number of benzene rings is 4. The highest BCUT2D eigenvalue weighted by molar-refractivity contribution is 5.84. The average molecular weight is 575 g/mol. The summed E-state index contributed by atoms with van der Waals surface area (Å²) in [5.74, 6) is 0. The maximum absolute atomic E-state index is 6.16. The second-order valence-electron chi connectivity index (χ2n) is 11.6. The Morgan fingerprint density at radius 1 is 0.419 bits per heavy atom. The van der Waals surface area contributed by atoms with Gasteiger partial charge in [0, 0.05) is 86.2 Å². The molecule has 0 aliphatic heterocycles. The summed E-state index contributed by atoms with van der Waals surface area (Å²) in [5.41, 5.74) is 11.5. The molecule has 0 atom stereocenters. The molecule has 0 radical (unpaired) electrons. The smallest absolute Gasteiger partial charge is 0.0952 e. The van der Waals surface area contributed by atoms with E-state index in [1.165, 1.54) is 22.7 Å². The third-order valence-corrected chi connectivity index (χ3v) is 7.71. The van der Waals surface area contributed by atoms with Crippen molar-refractivity contribution < 1.29 is 4.74 Å². The average Bonchev–Trinajstić information content (AvgIpc) is 3.01. The summed E-state index contributed by atoms with van der Waals surface area (Å²) >= 11 is 0. The van der Waals surface area contributed by atoms with Gasteiger partial charge in [-0.3, -0.25) is 0 Å². The lowest BCUT2D eigenvalue weighted by atomic mass is 9.93. The van der Waals surface area contributed by atoms with Crippen LogP contribution >= 0.6 is 0 Å². The largest absolute Gasteiger partial charge is 0.378 e. The Labute approximate surface area is 258 Å². The molecule has 0 saturated heterocycles. The standard InChI is InChI=1S/C38H46N4O/c1-39(2)32-18-10-28(11-19-32)37(29-12-20-33(21-13-29)40(3)4)26-36(43-9)27-38(30-14-22-34(23-15-30)41(5)6)31-16-24-35(25-17-31)42(7)8/h10-27,36H,1-9H3. The molecule has 5 heteroatoms. The zero-order valence-electron chi connectivity index (χ0n) is 27.2. The molecule has 0 saturated carbocycles. The van der Waals surface area contributed by atoms with Gasteiger partial charge in [-0.2, -0.15) is 0 Å². The van der Waals surface area contributed by atoms with E-state index in [4.69, 9.17) is 4.74 Å². The summed E-state index contributed by atoms with van der Waals surface area (Å²) in [6.07, 6.45) is 4.20. The highest BCUT2D eigenvalue weighted by Crippen LogP contribution is 2.31. The zero-order chi connectivity index (χ0) is 31.1. The number of nitrogens with zero attached hydrogens (tertiary/aromatic N) is 4. The molecule has 0 bridgehead atoms. The van der Waals surface area contributed by atoms with Gasteiger partial charge in [0.1, 0.15) is 0 Å². The Hall–Kier alpha value is -4.48. The van der Waals surface area contributed by atoms with Crippen LogP contribution in [0.1, 0.15) is 22.3 Å². The first-order valence-electron chi connectivity index (χ1n) is 14.6. The van der Waals surface area contributed by atoms with Crippen LogP contribution in [0.2, 0.25) is 0 Å². The predicted octanol–water partition coefficient (Wildman–Crippen LogP) is 7.53. The summed E-state index contributed by atoms with van der Waals surface area (Å²) in [6.45, 7) is 0. The van der Waals surface area contributed by atoms with Gasteiger partial charge < -0.3 is 24.3 Å². The van der Waals surface area contributed by atoms with Crippen LogP contribution < -0.4 is 19.6 Å². The number of ether oxygens (including phenoxy) is 1. The van der Waals surface area contributed by atoms with Crippen LogP contribution in [-0.4, -0.2) is 69.6 Å². The molecule has 0 heterocycles. The van der Waals surface area contributed by atoms with Crippen LogP contribution in [0.15, 0.2) is 109 Å². The molecule has 5 nitrogen and oxygen atoms in total. The molecule has 0 amide bonds. The summed E-state index contributed by atoms with van der Waals surface area (Å²) in [7, 11) is 18.3. The molecule has 0 aliphatic carbocycles. The highest BCUT2D eigenvalue weighted by atomic mass is 16.5. The molecule has 4 aromatic carbocycles. The fourth-order valence-corrected chi connectivity index (χ4v) is 4.99. The fraction of sp³-hybridized carbons (Fsp3) is 0.263. The molecule has 4 aromatic rings. The predicted molar refractivity (Wildman–Crippen MR) is 188 cm³/mol. The maximum Gasteiger partial charge on any atom is 0.0952 e. The van der Waals surface area contributed by atoms with Crippen molar-refractivity contribution in [3.8, 4) is 0 Å². The molecule has 43 heavy (non-hydrogen) atoms. The lowest BCUT2D eigenvalue weighted by Gasteiger charge is -2.19. The Morgan fingerprint density at radius 2 is 0.628 bits per heavy atom. The van der Waals surface area contributed by atoms with Crippen molar-refractivity contribution in [3.63, 3.8) is 0 Å². The first-order valence-corrected chi connectivity index (χ1v) is 14.6. The van der Waals surface area contributed by atoms with Crippen LogP contribution in [0.3, 0.4) is 0 Å². The van der Waals surface area contributed by atoms with Crippen LogP contribution in [0.4, 0.5) is 22.7 Å². The Balaban J connectivity index is 1.85. The normalized spacial score (nSPS) is 10.7. The molecular weight excluding hydrogens is 528 g/mol. The molecule has 0 aromatic heterocycles. The van der Waals surface area contributed by atoms with E-state index < -0.39 is 0 Å². The number of methoxy groups -OCH3 is 1. The van der Waals surface area contributed by atoms with Crippen molar-refractivity contribution in [2.45, 2.75) is 6.10 Å². The zero-order valence-corrected chi connectivity index (χ0v) is 27.2. The van der Waals surface area contributed by atoms with Crippen LogP contribution in [0.25, 0.3) is 11.1 Å². The molecular formula is C38H46N4O. The minimum absolute atomic E-state index is 0.269. The Morgan fingerprint density at radius 3 is 0.791 bits per heavy atom. The number of anilines is 4. The van der Waals surface area contributed by atoms with Gasteiger partial charge in [-0.25, -0.2) is 0 Å². The molecule has 0 unspecified atom stereocenters. The van der Waals surface area contributed by atoms with Gasteiger partial charge >= 0.3 is 0 Å². The molecule has 4 rings (SSSR count). The minimum atomic E-state index is -0.269. The monoisotopic (exact) mass is 574 g/mol. The van der Waals surface area contributed by atoms with Crippen molar-refractivity contribution in [3.05, 3.63) is 131 Å². The minimum Gasteiger partial charge on any atom is -0.378 e. The van der Waals surface area contributed by atoms with Crippen LogP contribution in [0.5, 0.6) is 0 Å². The molecule has 0 spiro atoms. The van der Waals surface area contributed by atoms with E-state index in [1.807, 2.05) is 0 Å². The molecule has 224 valence electrons. The quantitative estimate of drug-likeness (QED) is 0.184. The van der Waals surface area contributed by atoms with Crippen molar-refractivity contribution in [2.24, 2.45) is 0 Å². The second-order valence-corrected chi connectivity index (χ2v) is 11.6. The van der Waals surface area contributed by atoms with E-state index in [2.05, 4.69) is 185 Å².